The van der Waals surface area contributed by atoms with Crippen molar-refractivity contribution in [3.63, 3.8) is 0 Å². The predicted octanol–water partition coefficient (Wildman–Crippen LogP) is 2.78. The van der Waals surface area contributed by atoms with Gasteiger partial charge in [-0.1, -0.05) is 34.8 Å². The predicted molar refractivity (Wildman–Crippen MR) is 86.0 cm³/mol. The molecule has 0 saturated carbocycles. The van der Waals surface area contributed by atoms with Crippen molar-refractivity contribution in [2.45, 2.75) is 6.54 Å². The van der Waals surface area contributed by atoms with Crippen LogP contribution in [0.3, 0.4) is 0 Å². The van der Waals surface area contributed by atoms with Gasteiger partial charge in [0.2, 0.25) is 0 Å². The number of hydrogen-bond acceptors (Lipinski definition) is 4. The summed E-state index contributed by atoms with van der Waals surface area (Å²) in [4.78, 5) is 1.50. The third kappa shape index (κ3) is 4.91. The van der Waals surface area contributed by atoms with Crippen LogP contribution >= 0.6 is 34.8 Å². The Kier molecular flexibility index (Phi) is 7.22. The summed E-state index contributed by atoms with van der Waals surface area (Å²) in [7, 11) is 0. The van der Waals surface area contributed by atoms with E-state index in [2.05, 4.69) is 0 Å². The molecule has 9 heteroatoms. The maximum absolute atomic E-state index is 13.9. The summed E-state index contributed by atoms with van der Waals surface area (Å²) in [5.41, 5.74) is 16.7. The maximum Gasteiger partial charge on any atom is 0.142 e. The van der Waals surface area contributed by atoms with Crippen molar-refractivity contribution >= 4 is 34.8 Å². The first-order valence-electron chi connectivity index (χ1n) is 6.13. The second-order valence-electron chi connectivity index (χ2n) is 4.29. The third-order valence-electron chi connectivity index (χ3n) is 2.75. The van der Waals surface area contributed by atoms with Crippen molar-refractivity contribution in [3.8, 4) is 0 Å². The van der Waals surface area contributed by atoms with Crippen LogP contribution in [-0.2, 0) is 6.54 Å². The molecule has 0 aliphatic rings. The molecule has 0 atom stereocenters. The largest absolute Gasteiger partial charge is 0.389 e. The molecule has 0 aliphatic heterocycles. The number of hydrogen-bond donors (Lipinski definition) is 3. The molecule has 1 aromatic rings. The molecule has 0 aromatic heterocycles. The molecule has 1 aromatic carbocycles. The molecule has 0 aliphatic carbocycles. The van der Waals surface area contributed by atoms with Crippen LogP contribution < -0.4 is 17.2 Å². The van der Waals surface area contributed by atoms with E-state index in [-0.39, 0.29) is 46.2 Å². The molecule has 0 radical (unpaired) electrons. The summed E-state index contributed by atoms with van der Waals surface area (Å²) in [6.45, 7) is 0.344. The Balaban J connectivity index is 3.26. The fourth-order valence-corrected chi connectivity index (χ4v) is 2.28. The Morgan fingerprint density at radius 1 is 1.18 bits per heavy atom. The molecule has 0 amide bonds. The fraction of sp³-hybridized carbons (Fsp3) is 0.231. The molecule has 1 rings (SSSR count). The number of benzene rings is 1. The maximum atomic E-state index is 13.9. The molecule has 4 nitrogen and oxygen atoms in total. The van der Waals surface area contributed by atoms with Gasteiger partial charge in [-0.15, -0.1) is 0 Å². The van der Waals surface area contributed by atoms with Crippen molar-refractivity contribution in [2.24, 2.45) is 17.2 Å². The first-order valence-corrected chi connectivity index (χ1v) is 7.26. The Morgan fingerprint density at radius 2 is 1.77 bits per heavy atom. The highest BCUT2D eigenvalue weighted by Gasteiger charge is 2.18. The highest BCUT2D eigenvalue weighted by Crippen LogP contribution is 2.26. The molecule has 0 heterocycles. The lowest BCUT2D eigenvalue weighted by molar-refractivity contribution is 0.347. The van der Waals surface area contributed by atoms with Crippen molar-refractivity contribution in [1.82, 2.24) is 4.90 Å². The van der Waals surface area contributed by atoms with E-state index in [4.69, 9.17) is 52.0 Å². The van der Waals surface area contributed by atoms with Gasteiger partial charge in [0.1, 0.15) is 21.9 Å². The van der Waals surface area contributed by atoms with Crippen molar-refractivity contribution in [1.29, 1.82) is 0 Å². The second kappa shape index (κ2) is 8.43. The zero-order chi connectivity index (χ0) is 16.9. The van der Waals surface area contributed by atoms with Crippen LogP contribution in [0.4, 0.5) is 8.78 Å². The van der Waals surface area contributed by atoms with Gasteiger partial charge in [0.15, 0.2) is 0 Å². The fourth-order valence-electron chi connectivity index (χ4n) is 1.79. The van der Waals surface area contributed by atoms with Crippen LogP contribution in [0.2, 0.25) is 5.02 Å². The van der Waals surface area contributed by atoms with Gasteiger partial charge in [-0.25, -0.2) is 8.78 Å². The Labute approximate surface area is 142 Å². The summed E-state index contributed by atoms with van der Waals surface area (Å²) in [5, 5.41) is -0.520. The number of nitrogens with two attached hydrogens (primary N) is 3. The van der Waals surface area contributed by atoms with Crippen LogP contribution in [-0.4, -0.2) is 18.0 Å². The smallest absolute Gasteiger partial charge is 0.142 e. The van der Waals surface area contributed by atoms with E-state index in [9.17, 15) is 8.78 Å². The van der Waals surface area contributed by atoms with Gasteiger partial charge in [0.25, 0.3) is 0 Å². The Bertz CT molecular complexity index is 597. The first kappa shape index (κ1) is 18.8. The molecule has 6 N–H and O–H groups in total. The Hall–Kier alpha value is -1.21. The minimum atomic E-state index is -0.734. The topological polar surface area (TPSA) is 81.3 Å². The molecule has 0 fully saturated rings. The van der Waals surface area contributed by atoms with Crippen LogP contribution in [0, 0.1) is 11.6 Å². The molecular weight excluding hydrogens is 357 g/mol. The number of nitrogens with zero attached hydrogens (tertiary/aromatic N) is 1. The minimum Gasteiger partial charge on any atom is -0.389 e. The van der Waals surface area contributed by atoms with Gasteiger partial charge in [0.05, 0.1) is 10.7 Å². The lowest BCUT2D eigenvalue weighted by atomic mass is 10.1. The van der Waals surface area contributed by atoms with Crippen LogP contribution in [0.15, 0.2) is 34.2 Å². The number of halogens is 5. The van der Waals surface area contributed by atoms with Crippen LogP contribution in [0.25, 0.3) is 0 Å². The van der Waals surface area contributed by atoms with Crippen molar-refractivity contribution in [2.75, 3.05) is 13.1 Å². The van der Waals surface area contributed by atoms with Gasteiger partial charge in [0, 0.05) is 25.2 Å². The van der Waals surface area contributed by atoms with Gasteiger partial charge >= 0.3 is 0 Å². The first-order chi connectivity index (χ1) is 10.3. The van der Waals surface area contributed by atoms with E-state index in [1.165, 1.54) is 11.0 Å². The minimum absolute atomic E-state index is 0.0490. The Morgan fingerprint density at radius 3 is 2.27 bits per heavy atom. The van der Waals surface area contributed by atoms with E-state index in [0.29, 0.717) is 0 Å². The molecule has 122 valence electrons. The van der Waals surface area contributed by atoms with E-state index in [0.717, 1.165) is 12.1 Å². The number of allylic oxidation sites excluding steroid dienone is 1. The SMILES string of the molecule is NCCN(Cc1c(F)ccc(F)c1Cl)C(/C=C(\N)Cl)=C(/N)Cl. The average Bonchev–Trinajstić information content (AvgIpc) is 2.43. The molecule has 0 bridgehead atoms. The molecule has 22 heavy (non-hydrogen) atoms. The van der Waals surface area contributed by atoms with Crippen molar-refractivity contribution < 1.29 is 8.78 Å². The summed E-state index contributed by atoms with van der Waals surface area (Å²) in [6, 6.07) is 1.92. The van der Waals surface area contributed by atoms with Crippen molar-refractivity contribution in [3.05, 3.63) is 56.4 Å². The molecule has 0 unspecified atom stereocenters. The highest BCUT2D eigenvalue weighted by molar-refractivity contribution is 6.31. The van der Waals surface area contributed by atoms with E-state index < -0.39 is 11.6 Å². The zero-order valence-electron chi connectivity index (χ0n) is 11.4. The van der Waals surface area contributed by atoms with Gasteiger partial charge in [-0.2, -0.15) is 0 Å². The second-order valence-corrected chi connectivity index (χ2v) is 5.52. The summed E-state index contributed by atoms with van der Waals surface area (Å²) in [5.74, 6) is -1.40. The summed E-state index contributed by atoms with van der Waals surface area (Å²) >= 11 is 17.2. The van der Waals surface area contributed by atoms with E-state index >= 15 is 0 Å². The molecule has 0 saturated heterocycles. The summed E-state index contributed by atoms with van der Waals surface area (Å²) < 4.78 is 27.4. The van der Waals surface area contributed by atoms with Crippen LogP contribution in [0.1, 0.15) is 5.56 Å². The summed E-state index contributed by atoms with van der Waals surface area (Å²) in [6.07, 6.45) is 1.30. The van der Waals surface area contributed by atoms with Gasteiger partial charge in [-0.05, 0) is 18.2 Å². The lowest BCUT2D eigenvalue weighted by Crippen LogP contribution is -2.30. The molecule has 0 spiro atoms. The normalized spacial score (nSPS) is 13.1. The standard InChI is InChI=1S/C13H15Cl3F2N4/c14-11(20)5-10(13(16)21)22(4-3-19)6-7-8(17)1-2-9(18)12(7)15/h1-2,5H,3-4,6,19-21H2/b11-5-,13-10+. The van der Waals surface area contributed by atoms with Crippen LogP contribution in [0.5, 0.6) is 0 Å². The lowest BCUT2D eigenvalue weighted by Gasteiger charge is -2.26. The van der Waals surface area contributed by atoms with E-state index in [1.54, 1.807) is 0 Å². The average molecular weight is 372 g/mol. The number of rotatable bonds is 6. The van der Waals surface area contributed by atoms with E-state index in [1.807, 2.05) is 0 Å². The monoisotopic (exact) mass is 370 g/mol. The van der Waals surface area contributed by atoms with Gasteiger partial charge in [-0.3, -0.25) is 0 Å². The zero-order valence-corrected chi connectivity index (χ0v) is 13.7. The van der Waals surface area contributed by atoms with Gasteiger partial charge < -0.3 is 22.1 Å². The quantitative estimate of drug-likeness (QED) is 0.408. The molecular formula is C13H15Cl3F2N4. The third-order valence-corrected chi connectivity index (χ3v) is 3.46. The highest BCUT2D eigenvalue weighted by atomic mass is 35.5.